The summed E-state index contributed by atoms with van der Waals surface area (Å²) in [5.41, 5.74) is 0.516. The lowest BCUT2D eigenvalue weighted by atomic mass is 10.2. The predicted molar refractivity (Wildman–Crippen MR) is 50.6 cm³/mol. The molecule has 2 aromatic heterocycles. The summed E-state index contributed by atoms with van der Waals surface area (Å²) in [5, 5.41) is 0. The van der Waals surface area contributed by atoms with Gasteiger partial charge in [0.25, 0.3) is 0 Å². The Morgan fingerprint density at radius 1 is 1.38 bits per heavy atom. The third-order valence-electron chi connectivity index (χ3n) is 1.64. The van der Waals surface area contributed by atoms with E-state index in [0.29, 0.717) is 11.5 Å². The molecule has 0 aliphatic rings. The number of carbonyl (C=O) groups excluding carboxylic acids is 1. The maximum atomic E-state index is 11.6. The molecule has 4 heteroatoms. The predicted octanol–water partition coefficient (Wildman–Crippen LogP) is 2.60. The van der Waals surface area contributed by atoms with E-state index < -0.39 is 0 Å². The zero-order valence-electron chi connectivity index (χ0n) is 6.58. The molecule has 0 aliphatic heterocycles. The molecule has 0 spiro atoms. The number of aromatic nitrogens is 1. The quantitative estimate of drug-likeness (QED) is 0.820. The number of nitrogens with one attached hydrogen (secondary N) is 1. The van der Waals surface area contributed by atoms with Crippen molar-refractivity contribution in [2.75, 3.05) is 0 Å². The largest absolute Gasteiger partial charge is 0.461 e. The Hall–Kier alpha value is -1.29. The van der Waals surface area contributed by atoms with Crippen LogP contribution in [0.5, 0.6) is 0 Å². The van der Waals surface area contributed by atoms with Crippen molar-refractivity contribution >= 4 is 21.7 Å². The van der Waals surface area contributed by atoms with Crippen LogP contribution in [0.2, 0.25) is 0 Å². The summed E-state index contributed by atoms with van der Waals surface area (Å²) < 4.78 is 5.75. The Kier molecular flexibility index (Phi) is 2.06. The van der Waals surface area contributed by atoms with Crippen molar-refractivity contribution in [3.05, 3.63) is 46.6 Å². The second-order valence-electron chi connectivity index (χ2n) is 2.53. The lowest BCUT2D eigenvalue weighted by Crippen LogP contribution is -1.99. The molecular weight excluding hydrogens is 234 g/mol. The van der Waals surface area contributed by atoms with Crippen molar-refractivity contribution in [3.8, 4) is 0 Å². The number of hydrogen-bond acceptors (Lipinski definition) is 2. The van der Waals surface area contributed by atoms with Gasteiger partial charge in [-0.25, -0.2) is 0 Å². The first kappa shape index (κ1) is 8.31. The van der Waals surface area contributed by atoms with Crippen molar-refractivity contribution in [1.82, 2.24) is 4.98 Å². The topological polar surface area (TPSA) is 46.0 Å². The highest BCUT2D eigenvalue weighted by Gasteiger charge is 2.12. The molecule has 0 amide bonds. The average molecular weight is 240 g/mol. The van der Waals surface area contributed by atoms with E-state index in [1.165, 1.54) is 6.26 Å². The highest BCUT2D eigenvalue weighted by Crippen LogP contribution is 2.13. The Labute approximate surface area is 82.9 Å². The second-order valence-corrected chi connectivity index (χ2v) is 3.38. The van der Waals surface area contributed by atoms with Crippen LogP contribution in [-0.4, -0.2) is 10.8 Å². The van der Waals surface area contributed by atoms with Gasteiger partial charge in [-0.1, -0.05) is 0 Å². The van der Waals surface area contributed by atoms with E-state index in [1.807, 2.05) is 0 Å². The Morgan fingerprint density at radius 2 is 2.23 bits per heavy atom. The summed E-state index contributed by atoms with van der Waals surface area (Å²) in [6.07, 6.45) is 1.48. The van der Waals surface area contributed by atoms with E-state index in [9.17, 15) is 4.79 Å². The number of H-pyrrole nitrogens is 1. The van der Waals surface area contributed by atoms with E-state index in [-0.39, 0.29) is 5.78 Å². The maximum absolute atomic E-state index is 11.6. The number of carbonyl (C=O) groups is 1. The van der Waals surface area contributed by atoms with Gasteiger partial charge in [0.05, 0.1) is 16.6 Å². The van der Waals surface area contributed by atoms with Crippen molar-refractivity contribution < 1.29 is 9.21 Å². The van der Waals surface area contributed by atoms with Crippen LogP contribution < -0.4 is 0 Å². The van der Waals surface area contributed by atoms with Gasteiger partial charge in [0.1, 0.15) is 0 Å². The first-order chi connectivity index (χ1) is 6.27. The summed E-state index contributed by atoms with van der Waals surface area (Å²) in [4.78, 5) is 14.4. The summed E-state index contributed by atoms with van der Waals surface area (Å²) in [7, 11) is 0. The SMILES string of the molecule is O=C(c1ccc(Br)[nH]1)c1ccco1. The Morgan fingerprint density at radius 3 is 2.77 bits per heavy atom. The zero-order chi connectivity index (χ0) is 9.26. The fourth-order valence-corrected chi connectivity index (χ4v) is 1.39. The van der Waals surface area contributed by atoms with Gasteiger partial charge < -0.3 is 9.40 Å². The van der Waals surface area contributed by atoms with Crippen molar-refractivity contribution in [1.29, 1.82) is 0 Å². The molecule has 2 rings (SSSR count). The molecule has 0 aliphatic carbocycles. The molecule has 3 nitrogen and oxygen atoms in total. The van der Waals surface area contributed by atoms with Gasteiger partial charge in [-0.2, -0.15) is 0 Å². The number of ketones is 1. The molecule has 0 unspecified atom stereocenters. The lowest BCUT2D eigenvalue weighted by molar-refractivity contribution is 0.100. The van der Waals surface area contributed by atoms with Crippen molar-refractivity contribution in [2.45, 2.75) is 0 Å². The summed E-state index contributed by atoms with van der Waals surface area (Å²) in [6, 6.07) is 6.80. The van der Waals surface area contributed by atoms with Gasteiger partial charge >= 0.3 is 0 Å². The van der Waals surface area contributed by atoms with E-state index in [0.717, 1.165) is 4.60 Å². The molecule has 0 atom stereocenters. The molecule has 0 fully saturated rings. The van der Waals surface area contributed by atoms with Crippen LogP contribution >= 0.6 is 15.9 Å². The molecule has 13 heavy (non-hydrogen) atoms. The average Bonchev–Trinajstić information content (AvgIpc) is 2.72. The number of halogens is 1. The van der Waals surface area contributed by atoms with Crippen LogP contribution in [0, 0.1) is 0 Å². The number of rotatable bonds is 2. The molecule has 1 N–H and O–H groups in total. The molecule has 0 aromatic carbocycles. The standard InChI is InChI=1S/C9H6BrNO2/c10-8-4-3-6(11-8)9(12)7-2-1-5-13-7/h1-5,11H. The normalized spacial score (nSPS) is 10.2. The van der Waals surface area contributed by atoms with Gasteiger partial charge in [-0.15, -0.1) is 0 Å². The fraction of sp³-hybridized carbons (Fsp3) is 0. The van der Waals surface area contributed by atoms with E-state index in [2.05, 4.69) is 20.9 Å². The fourth-order valence-electron chi connectivity index (χ4n) is 1.04. The van der Waals surface area contributed by atoms with Gasteiger partial charge in [0, 0.05) is 0 Å². The van der Waals surface area contributed by atoms with E-state index in [1.54, 1.807) is 24.3 Å². The first-order valence-corrected chi connectivity index (χ1v) is 4.49. The molecule has 0 radical (unpaired) electrons. The van der Waals surface area contributed by atoms with Crippen LogP contribution in [0.25, 0.3) is 0 Å². The summed E-state index contributed by atoms with van der Waals surface area (Å²) in [5.74, 6) is 0.199. The molecule has 2 aromatic rings. The molecular formula is C9H6BrNO2. The molecule has 0 bridgehead atoms. The molecule has 66 valence electrons. The maximum Gasteiger partial charge on any atom is 0.244 e. The van der Waals surface area contributed by atoms with Gasteiger partial charge in [0.15, 0.2) is 5.76 Å². The smallest absolute Gasteiger partial charge is 0.244 e. The van der Waals surface area contributed by atoms with Crippen LogP contribution in [0.15, 0.2) is 39.5 Å². The minimum absolute atomic E-state index is 0.143. The van der Waals surface area contributed by atoms with Gasteiger partial charge in [-0.05, 0) is 40.2 Å². The summed E-state index contributed by atoms with van der Waals surface area (Å²) in [6.45, 7) is 0. The van der Waals surface area contributed by atoms with Gasteiger partial charge in [-0.3, -0.25) is 4.79 Å². The zero-order valence-corrected chi connectivity index (χ0v) is 8.17. The molecule has 2 heterocycles. The molecule has 0 saturated heterocycles. The Bertz CT molecular complexity index is 417. The third kappa shape index (κ3) is 1.58. The minimum atomic E-state index is -0.143. The van der Waals surface area contributed by atoms with Crippen LogP contribution in [0.4, 0.5) is 0 Å². The first-order valence-electron chi connectivity index (χ1n) is 3.70. The van der Waals surface area contributed by atoms with Gasteiger partial charge in [0.2, 0.25) is 5.78 Å². The number of furan rings is 1. The summed E-state index contributed by atoms with van der Waals surface area (Å²) >= 11 is 3.23. The lowest BCUT2D eigenvalue weighted by Gasteiger charge is -1.91. The highest BCUT2D eigenvalue weighted by molar-refractivity contribution is 9.10. The second kappa shape index (κ2) is 3.22. The molecule has 0 saturated carbocycles. The minimum Gasteiger partial charge on any atom is -0.461 e. The van der Waals surface area contributed by atoms with Crippen molar-refractivity contribution in [3.63, 3.8) is 0 Å². The van der Waals surface area contributed by atoms with Crippen LogP contribution in [0.1, 0.15) is 16.2 Å². The monoisotopic (exact) mass is 239 g/mol. The third-order valence-corrected chi connectivity index (χ3v) is 2.10. The number of aromatic amines is 1. The van der Waals surface area contributed by atoms with E-state index >= 15 is 0 Å². The van der Waals surface area contributed by atoms with E-state index in [4.69, 9.17) is 4.42 Å². The van der Waals surface area contributed by atoms with Crippen LogP contribution in [0.3, 0.4) is 0 Å². The van der Waals surface area contributed by atoms with Crippen LogP contribution in [-0.2, 0) is 0 Å². The van der Waals surface area contributed by atoms with Crippen molar-refractivity contribution in [2.24, 2.45) is 0 Å². The number of hydrogen-bond donors (Lipinski definition) is 1. The highest BCUT2D eigenvalue weighted by atomic mass is 79.9. The Balaban J connectivity index is 2.33.